The highest BCUT2D eigenvalue weighted by molar-refractivity contribution is 9.10. The molecule has 0 aliphatic carbocycles. The Kier molecular flexibility index (Phi) is 8.26. The van der Waals surface area contributed by atoms with Gasteiger partial charge >= 0.3 is 6.03 Å². The summed E-state index contributed by atoms with van der Waals surface area (Å²) < 4.78 is 6.55. The number of amides is 2. The number of aryl methyl sites for hydroxylation is 2. The van der Waals surface area contributed by atoms with E-state index in [0.29, 0.717) is 30.3 Å². The van der Waals surface area contributed by atoms with E-state index in [-0.39, 0.29) is 6.03 Å². The first-order valence-electron chi connectivity index (χ1n) is 8.78. The van der Waals surface area contributed by atoms with E-state index in [2.05, 4.69) is 40.4 Å². The topological polar surface area (TPSA) is 50.4 Å². The van der Waals surface area contributed by atoms with Gasteiger partial charge < -0.3 is 15.4 Å². The number of ether oxygens (including phenoxy) is 1. The van der Waals surface area contributed by atoms with Crippen LogP contribution in [0.5, 0.6) is 5.75 Å². The van der Waals surface area contributed by atoms with E-state index in [4.69, 9.17) is 16.3 Å². The number of carbonyl (C=O) groups excluding carboxylic acids is 1. The number of hydrogen-bond acceptors (Lipinski definition) is 2. The molecule has 0 spiro atoms. The van der Waals surface area contributed by atoms with Crippen LogP contribution in [0.4, 0.5) is 10.5 Å². The summed E-state index contributed by atoms with van der Waals surface area (Å²) in [5.41, 5.74) is 3.22. The van der Waals surface area contributed by atoms with E-state index in [1.54, 1.807) is 6.07 Å². The third kappa shape index (κ3) is 5.92. The van der Waals surface area contributed by atoms with Crippen LogP contribution in [0.15, 0.2) is 40.9 Å². The van der Waals surface area contributed by atoms with Gasteiger partial charge in [0.2, 0.25) is 0 Å². The van der Waals surface area contributed by atoms with Crippen molar-refractivity contribution in [3.63, 3.8) is 0 Å². The van der Waals surface area contributed by atoms with Gasteiger partial charge in [0.05, 0.1) is 11.6 Å². The first kappa shape index (κ1) is 20.6. The molecule has 2 aromatic carbocycles. The van der Waals surface area contributed by atoms with E-state index < -0.39 is 0 Å². The fourth-order valence-corrected chi connectivity index (χ4v) is 3.34. The number of hydrogen-bond donors (Lipinski definition) is 2. The molecule has 0 bridgehead atoms. The molecular weight excluding hydrogens is 416 g/mol. The molecule has 4 nitrogen and oxygen atoms in total. The van der Waals surface area contributed by atoms with Crippen LogP contribution in [-0.4, -0.2) is 19.2 Å². The Morgan fingerprint density at radius 1 is 1.15 bits per heavy atom. The van der Waals surface area contributed by atoms with Gasteiger partial charge in [0.1, 0.15) is 5.75 Å². The Hall–Kier alpha value is -1.72. The predicted molar refractivity (Wildman–Crippen MR) is 111 cm³/mol. The highest BCUT2D eigenvalue weighted by atomic mass is 79.9. The summed E-state index contributed by atoms with van der Waals surface area (Å²) in [6.07, 6.45) is 2.45. The lowest BCUT2D eigenvalue weighted by atomic mass is 10.0. The second-order valence-corrected chi connectivity index (χ2v) is 7.14. The molecule has 0 saturated heterocycles. The minimum Gasteiger partial charge on any atom is -0.492 e. The van der Waals surface area contributed by atoms with Gasteiger partial charge in [-0.2, -0.15) is 0 Å². The molecule has 0 aliphatic rings. The zero-order chi connectivity index (χ0) is 18.9. The molecule has 0 unspecified atom stereocenters. The normalized spacial score (nSPS) is 10.5. The van der Waals surface area contributed by atoms with Gasteiger partial charge in [-0.3, -0.25) is 0 Å². The fraction of sp³-hybridized carbons (Fsp3) is 0.350. The average Bonchev–Trinajstić information content (AvgIpc) is 2.63. The molecule has 0 radical (unpaired) electrons. The Morgan fingerprint density at radius 3 is 2.46 bits per heavy atom. The summed E-state index contributed by atoms with van der Waals surface area (Å²) in [6.45, 7) is 5.17. The Bertz CT molecular complexity index is 730. The van der Waals surface area contributed by atoms with E-state index >= 15 is 0 Å². The summed E-state index contributed by atoms with van der Waals surface area (Å²) in [4.78, 5) is 12.2. The lowest BCUT2D eigenvalue weighted by Gasteiger charge is -2.15. The summed E-state index contributed by atoms with van der Waals surface area (Å²) >= 11 is 9.46. The molecule has 140 valence electrons. The quantitative estimate of drug-likeness (QED) is 0.509. The van der Waals surface area contributed by atoms with Crippen molar-refractivity contribution >= 4 is 39.2 Å². The molecule has 2 amide bonds. The van der Waals surface area contributed by atoms with E-state index in [1.165, 1.54) is 0 Å². The second-order valence-electron chi connectivity index (χ2n) is 5.82. The third-order valence-electron chi connectivity index (χ3n) is 4.00. The zero-order valence-electron chi connectivity index (χ0n) is 15.1. The number of anilines is 1. The predicted octanol–water partition coefficient (Wildman–Crippen LogP) is 5.82. The largest absolute Gasteiger partial charge is 0.492 e. The number of nitrogens with one attached hydrogen (secondary N) is 2. The number of halogens is 2. The van der Waals surface area contributed by atoms with E-state index in [1.807, 2.05) is 30.3 Å². The fourth-order valence-electron chi connectivity index (χ4n) is 2.61. The smallest absolute Gasteiger partial charge is 0.319 e. The van der Waals surface area contributed by atoms with Crippen LogP contribution in [0.25, 0.3) is 0 Å². The van der Waals surface area contributed by atoms with Gasteiger partial charge in [0.25, 0.3) is 0 Å². The van der Waals surface area contributed by atoms with Crippen molar-refractivity contribution in [3.8, 4) is 5.75 Å². The summed E-state index contributed by atoms with van der Waals surface area (Å²) in [7, 11) is 0. The average molecular weight is 440 g/mol. The monoisotopic (exact) mass is 438 g/mol. The first-order chi connectivity index (χ1) is 12.5. The molecule has 0 aliphatic heterocycles. The minimum atomic E-state index is -0.192. The van der Waals surface area contributed by atoms with Crippen molar-refractivity contribution < 1.29 is 9.53 Å². The van der Waals surface area contributed by atoms with Crippen LogP contribution in [0.3, 0.4) is 0 Å². The number of rotatable bonds is 8. The molecule has 0 saturated carbocycles. The molecule has 0 fully saturated rings. The molecule has 0 aromatic heterocycles. The highest BCUT2D eigenvalue weighted by Gasteiger charge is 2.09. The number of urea groups is 1. The number of para-hydroxylation sites is 1. The summed E-state index contributed by atoms with van der Waals surface area (Å²) in [5.74, 6) is 0.642. The maximum absolute atomic E-state index is 12.2. The molecular formula is C20H24BrClN2O2. The lowest BCUT2D eigenvalue weighted by molar-refractivity contribution is 0.250. The molecule has 2 aromatic rings. The van der Waals surface area contributed by atoms with Crippen LogP contribution in [0, 0.1) is 0 Å². The third-order valence-corrected chi connectivity index (χ3v) is 4.78. The highest BCUT2D eigenvalue weighted by Crippen LogP contribution is 2.27. The van der Waals surface area contributed by atoms with Gasteiger partial charge in [-0.25, -0.2) is 4.79 Å². The van der Waals surface area contributed by atoms with Gasteiger partial charge in [0, 0.05) is 16.7 Å². The van der Waals surface area contributed by atoms with Gasteiger partial charge in [-0.1, -0.05) is 59.6 Å². The standard InChI is InChI=1S/C20H24BrClN2O2/c1-3-14-7-5-8-15(4-2)19(14)24-20(25)23-11-6-12-26-18-10-9-16(21)13-17(18)22/h5,7-10,13H,3-4,6,11-12H2,1-2H3,(H2,23,24,25). The minimum absolute atomic E-state index is 0.192. The van der Waals surface area contributed by atoms with Crippen molar-refractivity contribution in [1.29, 1.82) is 0 Å². The SMILES string of the molecule is CCc1cccc(CC)c1NC(=O)NCCCOc1ccc(Br)cc1Cl. The van der Waals surface area contributed by atoms with Crippen molar-refractivity contribution in [2.45, 2.75) is 33.1 Å². The molecule has 2 N–H and O–H groups in total. The Balaban J connectivity index is 1.77. The van der Waals surface area contributed by atoms with E-state index in [9.17, 15) is 4.79 Å². The van der Waals surface area contributed by atoms with Gasteiger partial charge in [-0.05, 0) is 48.6 Å². The van der Waals surface area contributed by atoms with Crippen LogP contribution < -0.4 is 15.4 Å². The van der Waals surface area contributed by atoms with Crippen LogP contribution in [0.1, 0.15) is 31.4 Å². The lowest BCUT2D eigenvalue weighted by Crippen LogP contribution is -2.31. The summed E-state index contributed by atoms with van der Waals surface area (Å²) in [6, 6.07) is 11.4. The van der Waals surface area contributed by atoms with Crippen LogP contribution in [-0.2, 0) is 12.8 Å². The molecule has 26 heavy (non-hydrogen) atoms. The van der Waals surface area contributed by atoms with Crippen molar-refractivity contribution in [2.75, 3.05) is 18.5 Å². The number of benzene rings is 2. The van der Waals surface area contributed by atoms with Crippen molar-refractivity contribution in [1.82, 2.24) is 5.32 Å². The molecule has 0 atom stereocenters. The van der Waals surface area contributed by atoms with Crippen molar-refractivity contribution in [3.05, 3.63) is 57.0 Å². The van der Waals surface area contributed by atoms with Crippen LogP contribution >= 0.6 is 27.5 Å². The molecule has 2 rings (SSSR count). The molecule has 6 heteroatoms. The maximum Gasteiger partial charge on any atom is 0.319 e. The summed E-state index contributed by atoms with van der Waals surface area (Å²) in [5, 5.41) is 6.42. The Morgan fingerprint density at radius 2 is 1.85 bits per heavy atom. The van der Waals surface area contributed by atoms with Crippen LogP contribution in [0.2, 0.25) is 5.02 Å². The maximum atomic E-state index is 12.2. The molecule has 0 heterocycles. The van der Waals surface area contributed by atoms with Gasteiger partial charge in [-0.15, -0.1) is 0 Å². The van der Waals surface area contributed by atoms with Gasteiger partial charge in [0.15, 0.2) is 0 Å². The first-order valence-corrected chi connectivity index (χ1v) is 9.95. The Labute approximate surface area is 168 Å². The number of carbonyl (C=O) groups is 1. The zero-order valence-corrected chi connectivity index (χ0v) is 17.4. The van der Waals surface area contributed by atoms with Crippen molar-refractivity contribution in [2.24, 2.45) is 0 Å². The second kappa shape index (κ2) is 10.4. The van der Waals surface area contributed by atoms with E-state index in [0.717, 1.165) is 34.1 Å².